The maximum absolute atomic E-state index is 12.7. The van der Waals surface area contributed by atoms with E-state index in [1.807, 2.05) is 0 Å². The number of aliphatic hydroxyl groups excluding tert-OH is 2. The van der Waals surface area contributed by atoms with Gasteiger partial charge in [-0.05, 0) is 37.7 Å². The lowest BCUT2D eigenvalue weighted by Crippen LogP contribution is -2.23. The van der Waals surface area contributed by atoms with E-state index < -0.39 is 29.0 Å². The van der Waals surface area contributed by atoms with Crippen LogP contribution in [0.2, 0.25) is 5.02 Å². The first-order valence-corrected chi connectivity index (χ1v) is 6.02. The highest BCUT2D eigenvalue weighted by Crippen LogP contribution is 2.36. The van der Waals surface area contributed by atoms with Gasteiger partial charge in [-0.15, -0.1) is 0 Å². The fraction of sp³-hybridized carbons (Fsp3) is 0.500. The Morgan fingerprint density at radius 3 is 2.47 bits per heavy atom. The Morgan fingerprint density at radius 1 is 1.32 bits per heavy atom. The fourth-order valence-electron chi connectivity index (χ4n) is 1.62. The van der Waals surface area contributed by atoms with Crippen molar-refractivity contribution in [1.29, 1.82) is 0 Å². The van der Waals surface area contributed by atoms with Gasteiger partial charge < -0.3 is 15.5 Å². The van der Waals surface area contributed by atoms with Crippen LogP contribution in [-0.2, 0) is 6.18 Å². The van der Waals surface area contributed by atoms with Gasteiger partial charge in [0.1, 0.15) is 6.10 Å². The van der Waals surface area contributed by atoms with Crippen LogP contribution in [0.25, 0.3) is 0 Å². The third-order valence-corrected chi connectivity index (χ3v) is 3.02. The van der Waals surface area contributed by atoms with Crippen molar-refractivity contribution in [3.05, 3.63) is 34.3 Å². The molecule has 0 radical (unpaired) electrons. The summed E-state index contributed by atoms with van der Waals surface area (Å²) in [5.74, 6) is 0. The molecule has 19 heavy (non-hydrogen) atoms. The highest BCUT2D eigenvalue weighted by Gasteiger charge is 2.34. The third kappa shape index (κ3) is 4.35. The zero-order valence-electron chi connectivity index (χ0n) is 10.2. The van der Waals surface area contributed by atoms with Gasteiger partial charge in [-0.2, -0.15) is 13.2 Å². The van der Waals surface area contributed by atoms with Crippen molar-refractivity contribution in [2.75, 3.05) is 13.6 Å². The number of nitrogens with one attached hydrogen (secondary N) is 1. The molecule has 7 heteroatoms. The maximum atomic E-state index is 12.7. The number of halogens is 4. The molecule has 0 saturated carbocycles. The van der Waals surface area contributed by atoms with E-state index in [1.165, 1.54) is 6.07 Å². The molecule has 0 aromatic heterocycles. The second kappa shape index (κ2) is 6.56. The normalized spacial score (nSPS) is 15.3. The quantitative estimate of drug-likeness (QED) is 0.782. The second-order valence-corrected chi connectivity index (χ2v) is 4.55. The van der Waals surface area contributed by atoms with Gasteiger partial charge in [0.2, 0.25) is 0 Å². The Bertz CT molecular complexity index is 426. The predicted octanol–water partition coefficient (Wildman–Crippen LogP) is 2.36. The monoisotopic (exact) mass is 297 g/mol. The first-order chi connectivity index (χ1) is 8.77. The van der Waals surface area contributed by atoms with Gasteiger partial charge >= 0.3 is 6.18 Å². The zero-order chi connectivity index (χ0) is 14.6. The Balaban J connectivity index is 2.95. The number of alkyl halides is 3. The van der Waals surface area contributed by atoms with Gasteiger partial charge in [-0.3, -0.25) is 0 Å². The van der Waals surface area contributed by atoms with Gasteiger partial charge in [-0.1, -0.05) is 17.7 Å². The number of hydrogen-bond donors (Lipinski definition) is 3. The molecule has 1 rings (SSSR count). The molecule has 2 unspecified atom stereocenters. The van der Waals surface area contributed by atoms with E-state index in [-0.39, 0.29) is 12.0 Å². The summed E-state index contributed by atoms with van der Waals surface area (Å²) in [6.07, 6.45) is -6.90. The second-order valence-electron chi connectivity index (χ2n) is 4.14. The molecule has 0 amide bonds. The molecule has 3 nitrogen and oxygen atoms in total. The molecular formula is C12H15ClF3NO2. The molecule has 0 fully saturated rings. The average Bonchev–Trinajstić information content (AvgIpc) is 2.34. The summed E-state index contributed by atoms with van der Waals surface area (Å²) in [7, 11) is 1.67. The molecular weight excluding hydrogens is 283 g/mol. The van der Waals surface area contributed by atoms with Crippen molar-refractivity contribution >= 4 is 11.6 Å². The summed E-state index contributed by atoms with van der Waals surface area (Å²) < 4.78 is 38.0. The molecule has 0 aliphatic carbocycles. The molecule has 0 saturated heterocycles. The predicted molar refractivity (Wildman–Crippen MR) is 66.0 cm³/mol. The van der Waals surface area contributed by atoms with Crippen molar-refractivity contribution in [3.63, 3.8) is 0 Å². The van der Waals surface area contributed by atoms with E-state index in [4.69, 9.17) is 11.6 Å². The summed E-state index contributed by atoms with van der Waals surface area (Å²) >= 11 is 5.47. The first kappa shape index (κ1) is 16.2. The van der Waals surface area contributed by atoms with Crippen LogP contribution < -0.4 is 5.32 Å². The Morgan fingerprint density at radius 2 is 1.95 bits per heavy atom. The number of aliphatic hydroxyl groups is 2. The molecule has 1 aromatic rings. The van der Waals surface area contributed by atoms with Crippen molar-refractivity contribution in [3.8, 4) is 0 Å². The molecule has 0 spiro atoms. The topological polar surface area (TPSA) is 52.5 Å². The third-order valence-electron chi connectivity index (χ3n) is 2.69. The largest absolute Gasteiger partial charge is 0.417 e. The van der Waals surface area contributed by atoms with Crippen LogP contribution >= 0.6 is 11.6 Å². The van der Waals surface area contributed by atoms with Gasteiger partial charge in [0.15, 0.2) is 0 Å². The first-order valence-electron chi connectivity index (χ1n) is 5.64. The molecule has 0 aliphatic rings. The Hall–Kier alpha value is -0.820. The smallest absolute Gasteiger partial charge is 0.390 e. The lowest BCUT2D eigenvalue weighted by atomic mass is 10.00. The maximum Gasteiger partial charge on any atom is 0.417 e. The zero-order valence-corrected chi connectivity index (χ0v) is 11.0. The van der Waals surface area contributed by atoms with E-state index in [9.17, 15) is 23.4 Å². The van der Waals surface area contributed by atoms with E-state index in [2.05, 4.69) is 5.32 Å². The van der Waals surface area contributed by atoms with E-state index in [0.29, 0.717) is 6.54 Å². The minimum absolute atomic E-state index is 0.0136. The van der Waals surface area contributed by atoms with Crippen molar-refractivity contribution in [1.82, 2.24) is 5.32 Å². The standard InChI is InChI=1S/C12H15ClF3NO2/c1-17-5-4-10(18)11(19)7-2-3-9(13)8(6-7)12(14,15)16/h2-3,6,10-11,17-19H,4-5H2,1H3. The number of hydrogen-bond acceptors (Lipinski definition) is 3. The van der Waals surface area contributed by atoms with Gasteiger partial charge in [-0.25, -0.2) is 0 Å². The molecule has 0 aliphatic heterocycles. The summed E-state index contributed by atoms with van der Waals surface area (Å²) in [4.78, 5) is 0. The van der Waals surface area contributed by atoms with E-state index in [0.717, 1.165) is 12.1 Å². The van der Waals surface area contributed by atoms with Crippen molar-refractivity contribution in [2.24, 2.45) is 0 Å². The molecule has 3 N–H and O–H groups in total. The lowest BCUT2D eigenvalue weighted by Gasteiger charge is -2.19. The Labute approximate surface area is 114 Å². The van der Waals surface area contributed by atoms with Crippen LogP contribution in [0.1, 0.15) is 23.7 Å². The summed E-state index contributed by atoms with van der Waals surface area (Å²) in [6.45, 7) is 0.442. The van der Waals surface area contributed by atoms with Gasteiger partial charge in [0.05, 0.1) is 16.7 Å². The van der Waals surface area contributed by atoms with Gasteiger partial charge in [0.25, 0.3) is 0 Å². The average molecular weight is 298 g/mol. The molecule has 2 atom stereocenters. The summed E-state index contributed by atoms with van der Waals surface area (Å²) in [5, 5.41) is 21.8. The number of benzene rings is 1. The van der Waals surface area contributed by atoms with Gasteiger partial charge in [0, 0.05) is 0 Å². The fourth-order valence-corrected chi connectivity index (χ4v) is 1.84. The van der Waals surface area contributed by atoms with Crippen LogP contribution in [0.5, 0.6) is 0 Å². The molecule has 1 aromatic carbocycles. The van der Waals surface area contributed by atoms with Crippen LogP contribution in [0.4, 0.5) is 13.2 Å². The highest BCUT2D eigenvalue weighted by atomic mass is 35.5. The Kier molecular flexibility index (Phi) is 5.61. The van der Waals surface area contributed by atoms with Crippen molar-refractivity contribution < 1.29 is 23.4 Å². The lowest BCUT2D eigenvalue weighted by molar-refractivity contribution is -0.137. The molecule has 108 valence electrons. The van der Waals surface area contributed by atoms with Crippen molar-refractivity contribution in [2.45, 2.75) is 24.8 Å². The summed E-state index contributed by atoms with van der Waals surface area (Å²) in [5.41, 5.74) is -1.04. The minimum Gasteiger partial charge on any atom is -0.390 e. The van der Waals surface area contributed by atoms with Crippen LogP contribution in [0.3, 0.4) is 0 Å². The van der Waals surface area contributed by atoms with Crippen LogP contribution in [-0.4, -0.2) is 29.9 Å². The molecule has 0 bridgehead atoms. The van der Waals surface area contributed by atoms with E-state index in [1.54, 1.807) is 7.05 Å². The highest BCUT2D eigenvalue weighted by molar-refractivity contribution is 6.31. The minimum atomic E-state index is -4.59. The van der Waals surface area contributed by atoms with E-state index >= 15 is 0 Å². The molecule has 0 heterocycles. The summed E-state index contributed by atoms with van der Waals surface area (Å²) in [6, 6.07) is 3.09. The SMILES string of the molecule is CNCCC(O)C(O)c1ccc(Cl)c(C(F)(F)F)c1. The van der Waals surface area contributed by atoms with Crippen LogP contribution in [0.15, 0.2) is 18.2 Å². The number of rotatable bonds is 5. The van der Waals surface area contributed by atoms with Crippen LogP contribution in [0, 0.1) is 0 Å².